The van der Waals surface area contributed by atoms with E-state index in [-0.39, 0.29) is 11.8 Å². The van der Waals surface area contributed by atoms with Crippen LogP contribution in [0.5, 0.6) is 5.75 Å². The Morgan fingerprint density at radius 1 is 0.968 bits per heavy atom. The van der Waals surface area contributed by atoms with E-state index in [2.05, 4.69) is 20.9 Å². The van der Waals surface area contributed by atoms with E-state index in [0.717, 1.165) is 17.0 Å². The Labute approximate surface area is 181 Å². The molecule has 3 rings (SSSR count). The summed E-state index contributed by atoms with van der Waals surface area (Å²) in [6.07, 6.45) is 3.47. The normalized spacial score (nSPS) is 11.3. The first-order chi connectivity index (χ1) is 15.2. The van der Waals surface area contributed by atoms with Gasteiger partial charge in [0.2, 0.25) is 5.91 Å². The molecule has 0 aliphatic heterocycles. The fourth-order valence-corrected chi connectivity index (χ4v) is 3.02. The molecular weight excluding hydrogens is 392 g/mol. The topological polar surface area (TPSA) is 92.4 Å². The van der Waals surface area contributed by atoms with Crippen LogP contribution < -0.4 is 20.7 Å². The molecule has 31 heavy (non-hydrogen) atoms. The van der Waals surface area contributed by atoms with Crippen LogP contribution in [-0.2, 0) is 11.2 Å². The van der Waals surface area contributed by atoms with Crippen molar-refractivity contribution in [3.05, 3.63) is 90.3 Å². The maximum atomic E-state index is 12.8. The molecule has 3 N–H and O–H groups in total. The van der Waals surface area contributed by atoms with Crippen LogP contribution in [0.3, 0.4) is 0 Å². The number of anilines is 1. The second-order valence-electron chi connectivity index (χ2n) is 6.90. The highest BCUT2D eigenvalue weighted by molar-refractivity contribution is 5.97. The second-order valence-corrected chi connectivity index (χ2v) is 6.90. The van der Waals surface area contributed by atoms with E-state index in [1.807, 2.05) is 54.6 Å². The number of amides is 2. The van der Waals surface area contributed by atoms with Gasteiger partial charge in [-0.05, 0) is 42.0 Å². The molecule has 3 aromatic rings. The first kappa shape index (κ1) is 21.8. The van der Waals surface area contributed by atoms with Crippen LogP contribution in [0, 0.1) is 0 Å². The predicted molar refractivity (Wildman–Crippen MR) is 120 cm³/mol. The molecule has 0 bridgehead atoms. The minimum Gasteiger partial charge on any atom is -0.497 e. The van der Waals surface area contributed by atoms with Crippen LogP contribution in [0.1, 0.15) is 15.9 Å². The molecule has 0 radical (unpaired) electrons. The lowest BCUT2D eigenvalue weighted by atomic mass is 10.0. The summed E-state index contributed by atoms with van der Waals surface area (Å²) in [5.41, 5.74) is 2.31. The predicted octanol–water partition coefficient (Wildman–Crippen LogP) is 2.66. The minimum atomic E-state index is -0.698. The molecular formula is C24H26N4O3. The van der Waals surface area contributed by atoms with Crippen molar-refractivity contribution in [3.63, 3.8) is 0 Å². The number of benzene rings is 2. The molecule has 0 aliphatic carbocycles. The lowest BCUT2D eigenvalue weighted by Crippen LogP contribution is -2.48. The van der Waals surface area contributed by atoms with Crippen molar-refractivity contribution in [2.24, 2.45) is 0 Å². The molecule has 0 fully saturated rings. The maximum Gasteiger partial charge on any atom is 0.253 e. The molecule has 2 amide bonds. The smallest absolute Gasteiger partial charge is 0.253 e. The monoisotopic (exact) mass is 418 g/mol. The van der Waals surface area contributed by atoms with Gasteiger partial charge in [-0.2, -0.15) is 0 Å². The third-order valence-corrected chi connectivity index (χ3v) is 4.67. The molecule has 160 valence electrons. The van der Waals surface area contributed by atoms with Crippen molar-refractivity contribution in [1.29, 1.82) is 0 Å². The van der Waals surface area contributed by atoms with Crippen molar-refractivity contribution >= 4 is 17.5 Å². The third-order valence-electron chi connectivity index (χ3n) is 4.67. The van der Waals surface area contributed by atoms with Gasteiger partial charge in [0.15, 0.2) is 0 Å². The van der Waals surface area contributed by atoms with Crippen molar-refractivity contribution in [2.75, 3.05) is 25.5 Å². The number of ether oxygens (including phenoxy) is 1. The zero-order valence-electron chi connectivity index (χ0n) is 17.4. The fourth-order valence-electron chi connectivity index (χ4n) is 3.02. The summed E-state index contributed by atoms with van der Waals surface area (Å²) >= 11 is 0. The molecule has 7 nitrogen and oxygen atoms in total. The summed E-state index contributed by atoms with van der Waals surface area (Å²) in [6, 6.07) is 19.8. The number of nitrogens with one attached hydrogen (secondary N) is 3. The molecule has 0 saturated heterocycles. The number of hydrogen-bond donors (Lipinski definition) is 3. The number of pyridine rings is 1. The first-order valence-corrected chi connectivity index (χ1v) is 10.1. The number of nitrogens with zero attached hydrogens (tertiary/aromatic N) is 1. The van der Waals surface area contributed by atoms with Crippen LogP contribution in [0.15, 0.2) is 79.1 Å². The standard InChI is InChI=1S/C24H26N4O3/c1-31-21-11-9-20(10-12-21)26-14-15-27-24(30)22(16-18-6-3-2-4-7-18)28-23(29)19-8-5-13-25-17-19/h2-13,17,22,26H,14-16H2,1H3,(H,27,30)(H,28,29)/t22-/m0/s1. The fraction of sp³-hybridized carbons (Fsp3) is 0.208. The first-order valence-electron chi connectivity index (χ1n) is 10.1. The number of carbonyl (C=O) groups excluding carboxylic acids is 2. The van der Waals surface area contributed by atoms with E-state index in [1.165, 1.54) is 6.20 Å². The number of rotatable bonds is 10. The highest BCUT2D eigenvalue weighted by Crippen LogP contribution is 2.14. The Kier molecular flexibility index (Phi) is 7.99. The Balaban J connectivity index is 1.56. The Bertz CT molecular complexity index is 963. The summed E-state index contributed by atoms with van der Waals surface area (Å²) in [7, 11) is 1.62. The van der Waals surface area contributed by atoms with E-state index < -0.39 is 6.04 Å². The molecule has 7 heteroatoms. The van der Waals surface area contributed by atoms with Gasteiger partial charge >= 0.3 is 0 Å². The molecule has 1 heterocycles. The van der Waals surface area contributed by atoms with Gasteiger partial charge in [0.1, 0.15) is 11.8 Å². The number of hydrogen-bond acceptors (Lipinski definition) is 5. The van der Waals surface area contributed by atoms with Crippen LogP contribution in [0.4, 0.5) is 5.69 Å². The largest absolute Gasteiger partial charge is 0.497 e. The zero-order chi connectivity index (χ0) is 21.9. The van der Waals surface area contributed by atoms with Crippen molar-refractivity contribution in [2.45, 2.75) is 12.5 Å². The highest BCUT2D eigenvalue weighted by Gasteiger charge is 2.21. The van der Waals surface area contributed by atoms with Gasteiger partial charge in [-0.1, -0.05) is 30.3 Å². The lowest BCUT2D eigenvalue weighted by molar-refractivity contribution is -0.122. The SMILES string of the molecule is COc1ccc(NCCNC(=O)[C@H](Cc2ccccc2)NC(=O)c2cccnc2)cc1. The van der Waals surface area contributed by atoms with Gasteiger partial charge < -0.3 is 20.7 Å². The average Bonchev–Trinajstić information content (AvgIpc) is 2.83. The van der Waals surface area contributed by atoms with Gasteiger partial charge in [-0.15, -0.1) is 0 Å². The number of aromatic nitrogens is 1. The van der Waals surface area contributed by atoms with Gasteiger partial charge in [0.25, 0.3) is 5.91 Å². The summed E-state index contributed by atoms with van der Waals surface area (Å²) in [5, 5.41) is 8.96. The van der Waals surface area contributed by atoms with Crippen LogP contribution in [0.2, 0.25) is 0 Å². The zero-order valence-corrected chi connectivity index (χ0v) is 17.4. The van der Waals surface area contributed by atoms with Gasteiger partial charge in [0, 0.05) is 37.6 Å². The second kappa shape index (κ2) is 11.3. The molecule has 1 aromatic heterocycles. The van der Waals surface area contributed by atoms with Crippen LogP contribution in [0.25, 0.3) is 0 Å². The molecule has 0 spiro atoms. The average molecular weight is 418 g/mol. The number of carbonyl (C=O) groups is 2. The quantitative estimate of drug-likeness (QED) is 0.440. The molecule has 0 aliphatic rings. The van der Waals surface area contributed by atoms with Gasteiger partial charge in [-0.25, -0.2) is 0 Å². The maximum absolute atomic E-state index is 12.8. The van der Waals surface area contributed by atoms with Crippen molar-refractivity contribution < 1.29 is 14.3 Å². The van der Waals surface area contributed by atoms with E-state index in [1.54, 1.807) is 25.4 Å². The van der Waals surface area contributed by atoms with Crippen molar-refractivity contribution in [3.8, 4) is 5.75 Å². The van der Waals surface area contributed by atoms with E-state index in [0.29, 0.717) is 25.1 Å². The van der Waals surface area contributed by atoms with Crippen molar-refractivity contribution in [1.82, 2.24) is 15.6 Å². The molecule has 0 unspecified atom stereocenters. The summed E-state index contributed by atoms with van der Waals surface area (Å²) in [4.78, 5) is 29.4. The molecule has 1 atom stereocenters. The van der Waals surface area contributed by atoms with E-state index in [4.69, 9.17) is 4.74 Å². The van der Waals surface area contributed by atoms with E-state index in [9.17, 15) is 9.59 Å². The number of methoxy groups -OCH3 is 1. The lowest BCUT2D eigenvalue weighted by Gasteiger charge is -2.19. The highest BCUT2D eigenvalue weighted by atomic mass is 16.5. The minimum absolute atomic E-state index is 0.238. The third kappa shape index (κ3) is 6.85. The van der Waals surface area contributed by atoms with Crippen LogP contribution >= 0.6 is 0 Å². The van der Waals surface area contributed by atoms with Gasteiger partial charge in [0.05, 0.1) is 12.7 Å². The molecule has 2 aromatic carbocycles. The van der Waals surface area contributed by atoms with E-state index >= 15 is 0 Å². The van der Waals surface area contributed by atoms with Crippen LogP contribution in [-0.4, -0.2) is 43.0 Å². The Hall–Kier alpha value is -3.87. The van der Waals surface area contributed by atoms with Gasteiger partial charge in [-0.3, -0.25) is 14.6 Å². The summed E-state index contributed by atoms with van der Waals surface area (Å²) in [6.45, 7) is 0.964. The molecule has 0 saturated carbocycles. The summed E-state index contributed by atoms with van der Waals surface area (Å²) in [5.74, 6) is 0.213. The Morgan fingerprint density at radius 2 is 1.74 bits per heavy atom. The summed E-state index contributed by atoms with van der Waals surface area (Å²) < 4.78 is 5.14. The Morgan fingerprint density at radius 3 is 2.42 bits per heavy atom.